The predicted molar refractivity (Wildman–Crippen MR) is 73.1 cm³/mol. The predicted octanol–water partition coefficient (Wildman–Crippen LogP) is 1.94. The van der Waals surface area contributed by atoms with Crippen molar-refractivity contribution in [1.29, 1.82) is 0 Å². The van der Waals surface area contributed by atoms with Gasteiger partial charge < -0.3 is 14.7 Å². The first-order chi connectivity index (χ1) is 9.65. The molecule has 2 heterocycles. The zero-order valence-electron chi connectivity index (χ0n) is 11.0. The minimum Gasteiger partial charge on any atom is -0.405 e. The van der Waals surface area contributed by atoms with E-state index in [2.05, 4.69) is 17.1 Å². The van der Waals surface area contributed by atoms with Crippen molar-refractivity contribution in [2.75, 3.05) is 0 Å². The molecule has 0 fully saturated rings. The van der Waals surface area contributed by atoms with E-state index in [1.165, 1.54) is 17.8 Å². The number of furan rings is 1. The second kappa shape index (κ2) is 6.53. The third-order valence-electron chi connectivity index (χ3n) is 2.59. The topological polar surface area (TPSA) is 113 Å². The third-order valence-corrected chi connectivity index (χ3v) is 3.58. The number of nitro groups is 1. The van der Waals surface area contributed by atoms with E-state index >= 15 is 0 Å². The Balaban J connectivity index is 2.06. The molecule has 2 N–H and O–H groups in total. The Morgan fingerprint density at radius 2 is 2.30 bits per heavy atom. The average molecular weight is 297 g/mol. The van der Waals surface area contributed by atoms with Gasteiger partial charge in [-0.1, -0.05) is 18.7 Å². The normalized spacial score (nSPS) is 10.9. The zero-order chi connectivity index (χ0) is 14.5. The van der Waals surface area contributed by atoms with Gasteiger partial charge in [-0.3, -0.25) is 10.1 Å². The van der Waals surface area contributed by atoms with Crippen molar-refractivity contribution < 1.29 is 9.34 Å². The summed E-state index contributed by atoms with van der Waals surface area (Å²) >= 11 is 1.42. The Kier molecular flexibility index (Phi) is 4.74. The monoisotopic (exact) mass is 297 g/mol. The van der Waals surface area contributed by atoms with Crippen LogP contribution < -0.4 is 5.73 Å². The number of hydrogen-bond acceptors (Lipinski definition) is 7. The summed E-state index contributed by atoms with van der Waals surface area (Å²) in [6.07, 6.45) is 0.949. The van der Waals surface area contributed by atoms with E-state index in [0.29, 0.717) is 18.1 Å². The van der Waals surface area contributed by atoms with E-state index in [9.17, 15) is 10.1 Å². The summed E-state index contributed by atoms with van der Waals surface area (Å²) in [5, 5.41) is 19.4. The Labute approximate surface area is 119 Å². The number of rotatable bonds is 7. The maximum atomic E-state index is 10.5. The van der Waals surface area contributed by atoms with Gasteiger partial charge in [-0.2, -0.15) is 0 Å². The minimum absolute atomic E-state index is 0.252. The van der Waals surface area contributed by atoms with Crippen molar-refractivity contribution in [2.24, 2.45) is 5.73 Å². The van der Waals surface area contributed by atoms with Crippen LogP contribution in [0.3, 0.4) is 0 Å². The maximum absolute atomic E-state index is 10.5. The summed E-state index contributed by atoms with van der Waals surface area (Å²) in [6, 6.07) is 2.94. The number of nitrogens with two attached hydrogens (primary N) is 1. The van der Waals surface area contributed by atoms with E-state index in [-0.39, 0.29) is 5.88 Å². The highest BCUT2D eigenvalue weighted by molar-refractivity contribution is 7.98. The molecular weight excluding hydrogens is 282 g/mol. The Hall–Kier alpha value is -1.87. The zero-order valence-corrected chi connectivity index (χ0v) is 11.8. The van der Waals surface area contributed by atoms with Crippen molar-refractivity contribution >= 4 is 17.6 Å². The van der Waals surface area contributed by atoms with Gasteiger partial charge >= 0.3 is 5.88 Å². The second-order valence-electron chi connectivity index (χ2n) is 4.04. The van der Waals surface area contributed by atoms with E-state index in [1.54, 1.807) is 6.07 Å². The summed E-state index contributed by atoms with van der Waals surface area (Å²) in [6.45, 7) is 3.19. The van der Waals surface area contributed by atoms with Crippen LogP contribution in [0.5, 0.6) is 0 Å². The third kappa shape index (κ3) is 3.17. The number of aromatic nitrogens is 3. The van der Waals surface area contributed by atoms with Crippen LogP contribution in [0.25, 0.3) is 0 Å². The van der Waals surface area contributed by atoms with Crippen molar-refractivity contribution in [3.8, 4) is 0 Å². The summed E-state index contributed by atoms with van der Waals surface area (Å²) < 4.78 is 7.06. The van der Waals surface area contributed by atoms with Crippen molar-refractivity contribution in [3.05, 3.63) is 33.8 Å². The van der Waals surface area contributed by atoms with Crippen LogP contribution in [0, 0.1) is 10.1 Å². The van der Waals surface area contributed by atoms with Crippen LogP contribution in [-0.4, -0.2) is 19.7 Å². The smallest absolute Gasteiger partial charge is 0.405 e. The molecule has 0 aromatic carbocycles. The van der Waals surface area contributed by atoms with Gasteiger partial charge in [0, 0.05) is 6.54 Å². The van der Waals surface area contributed by atoms with Crippen molar-refractivity contribution in [1.82, 2.24) is 14.8 Å². The highest BCUT2D eigenvalue weighted by Crippen LogP contribution is 2.25. The van der Waals surface area contributed by atoms with Crippen molar-refractivity contribution in [3.63, 3.8) is 0 Å². The first kappa shape index (κ1) is 14.5. The van der Waals surface area contributed by atoms with Gasteiger partial charge in [0.05, 0.1) is 18.4 Å². The fourth-order valence-electron chi connectivity index (χ4n) is 1.70. The van der Waals surface area contributed by atoms with Gasteiger partial charge in [-0.05, 0) is 12.5 Å². The van der Waals surface area contributed by atoms with Crippen LogP contribution in [-0.2, 0) is 18.8 Å². The van der Waals surface area contributed by atoms with Gasteiger partial charge in [0.2, 0.25) is 0 Å². The number of nitrogens with zero attached hydrogens (tertiary/aromatic N) is 4. The lowest BCUT2D eigenvalue weighted by Crippen LogP contribution is -2.09. The van der Waals surface area contributed by atoms with E-state index in [4.69, 9.17) is 10.2 Å². The highest BCUT2D eigenvalue weighted by Gasteiger charge is 2.14. The number of thioether (sulfide) groups is 1. The van der Waals surface area contributed by atoms with Crippen LogP contribution in [0.2, 0.25) is 0 Å². The molecule has 108 valence electrons. The van der Waals surface area contributed by atoms with Crippen LogP contribution in [0.15, 0.2) is 21.7 Å². The Morgan fingerprint density at radius 3 is 2.90 bits per heavy atom. The molecular formula is C11H15N5O3S. The molecule has 0 radical (unpaired) electrons. The average Bonchev–Trinajstić information content (AvgIpc) is 3.03. The fourth-order valence-corrected chi connectivity index (χ4v) is 2.58. The van der Waals surface area contributed by atoms with E-state index in [1.807, 2.05) is 4.57 Å². The largest absolute Gasteiger partial charge is 0.433 e. The summed E-state index contributed by atoms with van der Waals surface area (Å²) in [4.78, 5) is 9.98. The molecule has 0 spiro atoms. The van der Waals surface area contributed by atoms with Crippen LogP contribution in [0.4, 0.5) is 5.88 Å². The molecule has 0 saturated carbocycles. The first-order valence-corrected chi connectivity index (χ1v) is 7.12. The molecule has 0 aliphatic carbocycles. The second-order valence-corrected chi connectivity index (χ2v) is 4.98. The Bertz CT molecular complexity index is 595. The molecule has 0 atom stereocenters. The minimum atomic E-state index is -0.555. The molecule has 2 rings (SSSR count). The molecule has 0 unspecified atom stereocenters. The molecule has 9 heteroatoms. The summed E-state index contributed by atoms with van der Waals surface area (Å²) in [7, 11) is 0. The lowest BCUT2D eigenvalue weighted by Gasteiger charge is -2.06. The highest BCUT2D eigenvalue weighted by atomic mass is 32.2. The molecule has 0 aliphatic rings. The van der Waals surface area contributed by atoms with Gasteiger partial charge in [-0.15, -0.1) is 10.2 Å². The standard InChI is InChI=1S/C11H15N5O3S/c1-2-5-15-9(6-12)13-14-11(15)20-7-8-3-4-10(19-8)16(17)18/h3-4H,2,5-7,12H2,1H3. The molecule has 0 saturated heterocycles. The van der Waals surface area contributed by atoms with E-state index < -0.39 is 4.92 Å². The SMILES string of the molecule is CCCn1c(CN)nnc1SCc1ccc([N+](=O)[O-])o1. The number of hydrogen-bond donors (Lipinski definition) is 1. The van der Waals surface area contributed by atoms with Crippen molar-refractivity contribution in [2.45, 2.75) is 37.3 Å². The maximum Gasteiger partial charge on any atom is 0.433 e. The molecule has 0 aliphatic heterocycles. The molecule has 0 amide bonds. The summed E-state index contributed by atoms with van der Waals surface area (Å²) in [5.74, 6) is 1.47. The molecule has 8 nitrogen and oxygen atoms in total. The molecule has 2 aromatic rings. The molecule has 2 aromatic heterocycles. The lowest BCUT2D eigenvalue weighted by atomic mass is 10.4. The summed E-state index contributed by atoms with van der Waals surface area (Å²) in [5.41, 5.74) is 5.61. The first-order valence-electron chi connectivity index (χ1n) is 6.13. The fraction of sp³-hybridized carbons (Fsp3) is 0.455. The molecule has 0 bridgehead atoms. The Morgan fingerprint density at radius 1 is 1.50 bits per heavy atom. The lowest BCUT2D eigenvalue weighted by molar-refractivity contribution is -0.402. The van der Waals surface area contributed by atoms with Gasteiger partial charge in [0.1, 0.15) is 16.5 Å². The van der Waals surface area contributed by atoms with Gasteiger partial charge in [0.15, 0.2) is 5.16 Å². The molecule has 20 heavy (non-hydrogen) atoms. The van der Waals surface area contributed by atoms with E-state index in [0.717, 1.165) is 23.9 Å². The van der Waals surface area contributed by atoms with Crippen LogP contribution >= 0.6 is 11.8 Å². The quantitative estimate of drug-likeness (QED) is 0.472. The van der Waals surface area contributed by atoms with Gasteiger partial charge in [-0.25, -0.2) is 0 Å². The van der Waals surface area contributed by atoms with Gasteiger partial charge in [0.25, 0.3) is 0 Å². The van der Waals surface area contributed by atoms with Crippen LogP contribution in [0.1, 0.15) is 24.9 Å².